The molecule has 1 saturated heterocycles. The minimum atomic E-state index is -0.655. The van der Waals surface area contributed by atoms with Gasteiger partial charge in [-0.05, 0) is 51.2 Å². The highest BCUT2D eigenvalue weighted by atomic mass is 19.1. The molecule has 1 aromatic rings. The zero-order valence-electron chi connectivity index (χ0n) is 14.9. The number of anilines is 1. The highest BCUT2D eigenvalue weighted by molar-refractivity contribution is 5.92. The van der Waals surface area contributed by atoms with Crippen molar-refractivity contribution in [3.63, 3.8) is 0 Å². The Morgan fingerprint density at radius 3 is 2.77 bits per heavy atom. The van der Waals surface area contributed by atoms with Crippen molar-refractivity contribution in [1.82, 2.24) is 10.2 Å². The van der Waals surface area contributed by atoms with Crippen LogP contribution in [0, 0.1) is 17.6 Å². The van der Waals surface area contributed by atoms with Crippen LogP contribution in [0.4, 0.5) is 14.5 Å². The molecule has 2 fully saturated rings. The van der Waals surface area contributed by atoms with E-state index in [0.717, 1.165) is 44.0 Å². The van der Waals surface area contributed by atoms with Crippen molar-refractivity contribution in [2.75, 3.05) is 18.4 Å². The monoisotopic (exact) mass is 365 g/mol. The molecule has 0 aromatic heterocycles. The number of halogens is 2. The highest BCUT2D eigenvalue weighted by Gasteiger charge is 2.31. The van der Waals surface area contributed by atoms with Gasteiger partial charge in [-0.2, -0.15) is 0 Å². The molecular weight excluding hydrogens is 340 g/mol. The first kappa shape index (κ1) is 18.8. The lowest BCUT2D eigenvalue weighted by molar-refractivity contribution is -0.130. The fourth-order valence-corrected chi connectivity index (χ4v) is 3.87. The Labute approximate surface area is 152 Å². The molecule has 5 nitrogen and oxygen atoms in total. The molecule has 0 radical (unpaired) electrons. The zero-order valence-corrected chi connectivity index (χ0v) is 14.9. The summed E-state index contributed by atoms with van der Waals surface area (Å²) >= 11 is 0. The van der Waals surface area contributed by atoms with E-state index in [9.17, 15) is 18.4 Å². The number of benzene rings is 1. The Morgan fingerprint density at radius 2 is 2.04 bits per heavy atom. The first-order chi connectivity index (χ1) is 12.4. The summed E-state index contributed by atoms with van der Waals surface area (Å²) in [5.74, 6) is -1.72. The Morgan fingerprint density at radius 1 is 1.23 bits per heavy atom. The lowest BCUT2D eigenvalue weighted by Crippen LogP contribution is -2.42. The third-order valence-electron chi connectivity index (χ3n) is 5.40. The van der Waals surface area contributed by atoms with Crippen LogP contribution in [0.25, 0.3) is 0 Å². The molecule has 7 heteroatoms. The third kappa shape index (κ3) is 4.38. The molecule has 1 aliphatic heterocycles. The summed E-state index contributed by atoms with van der Waals surface area (Å²) in [6.07, 6.45) is 4.14. The van der Waals surface area contributed by atoms with Crippen LogP contribution in [-0.4, -0.2) is 41.9 Å². The van der Waals surface area contributed by atoms with Gasteiger partial charge < -0.3 is 15.5 Å². The number of carbonyl (C=O) groups excluding carboxylic acids is 2. The maximum Gasteiger partial charge on any atom is 0.236 e. The average molecular weight is 365 g/mol. The Bertz CT molecular complexity index is 683. The molecule has 2 N–H and O–H groups in total. The lowest BCUT2D eigenvalue weighted by atomic mass is 10.1. The number of nitrogens with zero attached hydrogens (tertiary/aromatic N) is 1. The molecule has 3 atom stereocenters. The van der Waals surface area contributed by atoms with Gasteiger partial charge >= 0.3 is 0 Å². The molecular formula is C19H25F2N3O2. The Balaban J connectivity index is 1.46. The Kier molecular flexibility index (Phi) is 5.86. The first-order valence-electron chi connectivity index (χ1n) is 9.23. The van der Waals surface area contributed by atoms with E-state index in [-0.39, 0.29) is 36.0 Å². The van der Waals surface area contributed by atoms with E-state index in [0.29, 0.717) is 18.9 Å². The number of likely N-dealkylation sites (tertiary alicyclic amines) is 1. The van der Waals surface area contributed by atoms with Crippen molar-refractivity contribution in [2.24, 2.45) is 5.92 Å². The van der Waals surface area contributed by atoms with Gasteiger partial charge in [-0.25, -0.2) is 8.78 Å². The van der Waals surface area contributed by atoms with Gasteiger partial charge in [0.25, 0.3) is 0 Å². The van der Waals surface area contributed by atoms with Crippen LogP contribution in [0.5, 0.6) is 0 Å². The fourth-order valence-electron chi connectivity index (χ4n) is 3.87. The van der Waals surface area contributed by atoms with Crippen molar-refractivity contribution in [3.8, 4) is 0 Å². The maximum absolute atomic E-state index is 13.6. The van der Waals surface area contributed by atoms with Crippen LogP contribution in [0.15, 0.2) is 18.2 Å². The second kappa shape index (κ2) is 8.12. The lowest BCUT2D eigenvalue weighted by Gasteiger charge is -2.22. The van der Waals surface area contributed by atoms with E-state index in [4.69, 9.17) is 0 Å². The van der Waals surface area contributed by atoms with Gasteiger partial charge in [0.05, 0.1) is 12.2 Å². The van der Waals surface area contributed by atoms with Crippen LogP contribution >= 0.6 is 0 Å². The number of nitrogens with one attached hydrogen (secondary N) is 2. The number of hydrogen-bond acceptors (Lipinski definition) is 3. The summed E-state index contributed by atoms with van der Waals surface area (Å²) in [5, 5.41) is 5.71. The SMILES string of the molecule is C[C@@H]1CCCN1C(=O)CNC1CCC(C(=O)Nc2cc(F)ccc2F)C1. The summed E-state index contributed by atoms with van der Waals surface area (Å²) in [5.41, 5.74) is -0.135. The summed E-state index contributed by atoms with van der Waals surface area (Å²) < 4.78 is 26.9. The van der Waals surface area contributed by atoms with Crippen LogP contribution in [0.2, 0.25) is 0 Å². The van der Waals surface area contributed by atoms with Crippen LogP contribution in [-0.2, 0) is 9.59 Å². The van der Waals surface area contributed by atoms with Crippen molar-refractivity contribution < 1.29 is 18.4 Å². The largest absolute Gasteiger partial charge is 0.339 e. The summed E-state index contributed by atoms with van der Waals surface area (Å²) in [6, 6.07) is 3.37. The number of hydrogen-bond donors (Lipinski definition) is 2. The van der Waals surface area contributed by atoms with Gasteiger partial charge in [0.15, 0.2) is 0 Å². The van der Waals surface area contributed by atoms with E-state index >= 15 is 0 Å². The molecule has 1 aromatic carbocycles. The Hall–Kier alpha value is -2.02. The number of carbonyl (C=O) groups is 2. The maximum atomic E-state index is 13.6. The summed E-state index contributed by atoms with van der Waals surface area (Å²) in [4.78, 5) is 26.5. The van der Waals surface area contributed by atoms with E-state index in [1.54, 1.807) is 0 Å². The second-order valence-electron chi connectivity index (χ2n) is 7.28. The van der Waals surface area contributed by atoms with Gasteiger partial charge in [-0.3, -0.25) is 9.59 Å². The van der Waals surface area contributed by atoms with Gasteiger partial charge in [0.2, 0.25) is 11.8 Å². The molecule has 1 saturated carbocycles. The smallest absolute Gasteiger partial charge is 0.236 e. The van der Waals surface area contributed by atoms with Crippen LogP contribution in [0.3, 0.4) is 0 Å². The van der Waals surface area contributed by atoms with Crippen LogP contribution in [0.1, 0.15) is 39.0 Å². The summed E-state index contributed by atoms with van der Waals surface area (Å²) in [6.45, 7) is 3.16. The first-order valence-corrected chi connectivity index (χ1v) is 9.23. The van der Waals surface area contributed by atoms with Crippen molar-refractivity contribution in [3.05, 3.63) is 29.8 Å². The van der Waals surface area contributed by atoms with Crippen LogP contribution < -0.4 is 10.6 Å². The van der Waals surface area contributed by atoms with Crippen molar-refractivity contribution in [1.29, 1.82) is 0 Å². The minimum absolute atomic E-state index is 0.0879. The zero-order chi connectivity index (χ0) is 18.7. The van der Waals surface area contributed by atoms with Gasteiger partial charge in [0, 0.05) is 30.6 Å². The topological polar surface area (TPSA) is 61.4 Å². The molecule has 142 valence electrons. The van der Waals surface area contributed by atoms with E-state index in [1.807, 2.05) is 4.90 Å². The number of rotatable bonds is 5. The highest BCUT2D eigenvalue weighted by Crippen LogP contribution is 2.27. The van der Waals surface area contributed by atoms with Gasteiger partial charge in [-0.1, -0.05) is 0 Å². The van der Waals surface area contributed by atoms with Gasteiger partial charge in [0.1, 0.15) is 11.6 Å². The average Bonchev–Trinajstić information content (AvgIpc) is 3.25. The third-order valence-corrected chi connectivity index (χ3v) is 5.40. The predicted octanol–water partition coefficient (Wildman–Crippen LogP) is 2.67. The standard InChI is InChI=1S/C19H25F2N3O2/c1-12-3-2-8-24(12)18(25)11-22-15-6-4-13(9-15)19(26)23-17-10-14(20)5-7-16(17)21/h5,7,10,12-13,15,22H,2-4,6,8-9,11H2,1H3,(H,23,26)/t12-,13?,15?/m1/s1. The molecule has 1 heterocycles. The molecule has 26 heavy (non-hydrogen) atoms. The number of amides is 2. The summed E-state index contributed by atoms with van der Waals surface area (Å²) in [7, 11) is 0. The molecule has 2 aliphatic rings. The molecule has 2 amide bonds. The normalized spacial score (nSPS) is 25.5. The quantitative estimate of drug-likeness (QED) is 0.843. The minimum Gasteiger partial charge on any atom is -0.339 e. The molecule has 1 aliphatic carbocycles. The predicted molar refractivity (Wildman–Crippen MR) is 94.5 cm³/mol. The molecule has 2 unspecified atom stereocenters. The van der Waals surface area contributed by atoms with E-state index in [2.05, 4.69) is 17.6 Å². The van der Waals surface area contributed by atoms with E-state index in [1.165, 1.54) is 0 Å². The van der Waals surface area contributed by atoms with Gasteiger partial charge in [-0.15, -0.1) is 0 Å². The van der Waals surface area contributed by atoms with Crippen molar-refractivity contribution >= 4 is 17.5 Å². The fraction of sp³-hybridized carbons (Fsp3) is 0.579. The second-order valence-corrected chi connectivity index (χ2v) is 7.28. The molecule has 3 rings (SSSR count). The molecule has 0 spiro atoms. The molecule has 0 bridgehead atoms. The van der Waals surface area contributed by atoms with E-state index < -0.39 is 11.6 Å². The van der Waals surface area contributed by atoms with Crippen molar-refractivity contribution in [2.45, 2.75) is 51.1 Å².